The van der Waals surface area contributed by atoms with Gasteiger partial charge in [0.1, 0.15) is 0 Å². The number of hydrogen-bond acceptors (Lipinski definition) is 4. The normalized spacial score (nSPS) is 19.4. The molecule has 0 bridgehead atoms. The van der Waals surface area contributed by atoms with Crippen molar-refractivity contribution >= 4 is 29.3 Å². The van der Waals surface area contributed by atoms with Crippen LogP contribution in [-0.4, -0.2) is 46.7 Å². The number of piperidine rings is 1. The van der Waals surface area contributed by atoms with Gasteiger partial charge in [0.05, 0.1) is 4.88 Å². The summed E-state index contributed by atoms with van der Waals surface area (Å²) in [6, 6.07) is 3.46. The molecule has 1 aromatic heterocycles. The van der Waals surface area contributed by atoms with E-state index in [4.69, 9.17) is 5.11 Å². The molecule has 2 heterocycles. The molecule has 1 fully saturated rings. The molecule has 0 aliphatic carbocycles. The molecule has 0 saturated carbocycles. The zero-order valence-electron chi connectivity index (χ0n) is 11.0. The van der Waals surface area contributed by atoms with Crippen LogP contribution >= 0.6 is 11.3 Å². The monoisotopic (exact) mass is 295 g/mol. The summed E-state index contributed by atoms with van der Waals surface area (Å²) in [6.07, 6.45) is 4.41. The van der Waals surface area contributed by atoms with Crippen LogP contribution in [0.1, 0.15) is 27.4 Å². The minimum absolute atomic E-state index is 0.0388. The fourth-order valence-corrected chi connectivity index (χ4v) is 3.14. The van der Waals surface area contributed by atoms with Crippen molar-refractivity contribution < 1.29 is 19.8 Å². The van der Waals surface area contributed by atoms with Crippen molar-refractivity contribution in [2.24, 2.45) is 5.92 Å². The second kappa shape index (κ2) is 6.67. The molecule has 0 radical (unpaired) electrons. The van der Waals surface area contributed by atoms with E-state index in [2.05, 4.69) is 0 Å². The lowest BCUT2D eigenvalue weighted by Gasteiger charge is -2.31. The van der Waals surface area contributed by atoms with E-state index in [0.29, 0.717) is 18.0 Å². The van der Waals surface area contributed by atoms with E-state index in [1.165, 1.54) is 17.4 Å². The second-order valence-corrected chi connectivity index (χ2v) is 5.93. The number of hydrogen-bond donors (Lipinski definition) is 2. The molecule has 108 valence electrons. The molecule has 0 aromatic carbocycles. The van der Waals surface area contributed by atoms with Crippen molar-refractivity contribution in [1.29, 1.82) is 0 Å². The topological polar surface area (TPSA) is 77.8 Å². The predicted octanol–water partition coefficient (Wildman–Crippen LogP) is 1.69. The third-order valence-electron chi connectivity index (χ3n) is 3.29. The number of aliphatic carboxylic acids is 1. The maximum Gasteiger partial charge on any atom is 0.328 e. The lowest BCUT2D eigenvalue weighted by Crippen LogP contribution is -2.40. The number of aliphatic hydroxyl groups excluding tert-OH is 1. The van der Waals surface area contributed by atoms with Gasteiger partial charge in [-0.1, -0.05) is 0 Å². The van der Waals surface area contributed by atoms with Crippen LogP contribution in [-0.2, 0) is 4.79 Å². The summed E-state index contributed by atoms with van der Waals surface area (Å²) < 4.78 is 0. The maximum atomic E-state index is 12.3. The quantitative estimate of drug-likeness (QED) is 0.829. The number of carboxylic acids is 1. The first-order chi connectivity index (χ1) is 9.60. The molecule has 1 saturated heterocycles. The van der Waals surface area contributed by atoms with Crippen molar-refractivity contribution in [3.05, 3.63) is 28.0 Å². The highest BCUT2D eigenvalue weighted by molar-refractivity contribution is 7.14. The molecule has 5 nitrogen and oxygen atoms in total. The summed E-state index contributed by atoms with van der Waals surface area (Å²) >= 11 is 1.28. The van der Waals surface area contributed by atoms with E-state index >= 15 is 0 Å². The summed E-state index contributed by atoms with van der Waals surface area (Å²) in [5, 5.41) is 17.8. The lowest BCUT2D eigenvalue weighted by atomic mass is 9.99. The second-order valence-electron chi connectivity index (χ2n) is 4.82. The summed E-state index contributed by atoms with van der Waals surface area (Å²) in [5.74, 6) is -0.879. The van der Waals surface area contributed by atoms with E-state index in [9.17, 15) is 14.7 Å². The van der Waals surface area contributed by atoms with E-state index in [0.717, 1.165) is 23.8 Å². The van der Waals surface area contributed by atoms with Gasteiger partial charge in [-0.3, -0.25) is 4.79 Å². The van der Waals surface area contributed by atoms with E-state index < -0.39 is 5.97 Å². The van der Waals surface area contributed by atoms with Crippen LogP contribution < -0.4 is 0 Å². The molecule has 1 amide bonds. The van der Waals surface area contributed by atoms with Gasteiger partial charge in [-0.05, 0) is 37.0 Å². The van der Waals surface area contributed by atoms with Gasteiger partial charge in [0.2, 0.25) is 0 Å². The van der Waals surface area contributed by atoms with E-state index in [1.807, 2.05) is 0 Å². The summed E-state index contributed by atoms with van der Waals surface area (Å²) in [5.41, 5.74) is 0. The van der Waals surface area contributed by atoms with Crippen molar-refractivity contribution in [3.8, 4) is 0 Å². The van der Waals surface area contributed by atoms with Gasteiger partial charge in [0, 0.05) is 30.6 Å². The van der Waals surface area contributed by atoms with Gasteiger partial charge in [-0.25, -0.2) is 4.79 Å². The SMILES string of the molecule is O=C(O)C=Cc1ccc(C(=O)N2CCCC(CO)C2)s1. The number of nitrogens with zero attached hydrogens (tertiary/aromatic N) is 1. The van der Waals surface area contributed by atoms with Crippen LogP contribution in [0.25, 0.3) is 6.08 Å². The summed E-state index contributed by atoms with van der Waals surface area (Å²) in [6.45, 7) is 1.42. The van der Waals surface area contributed by atoms with Crippen LogP contribution in [0.2, 0.25) is 0 Å². The molecule has 1 aliphatic rings. The Bertz CT molecular complexity index is 523. The van der Waals surface area contributed by atoms with Gasteiger partial charge in [0.25, 0.3) is 5.91 Å². The average Bonchev–Trinajstić information content (AvgIpc) is 2.93. The van der Waals surface area contributed by atoms with Crippen LogP contribution in [0.15, 0.2) is 18.2 Å². The Balaban J connectivity index is 2.04. The van der Waals surface area contributed by atoms with Gasteiger partial charge < -0.3 is 15.1 Å². The highest BCUT2D eigenvalue weighted by Gasteiger charge is 2.24. The fraction of sp³-hybridized carbons (Fsp3) is 0.429. The molecule has 1 aliphatic heterocycles. The Morgan fingerprint density at radius 1 is 1.45 bits per heavy atom. The van der Waals surface area contributed by atoms with E-state index in [-0.39, 0.29) is 18.4 Å². The first-order valence-corrected chi connectivity index (χ1v) is 7.33. The van der Waals surface area contributed by atoms with Crippen LogP contribution in [0.5, 0.6) is 0 Å². The number of carbonyl (C=O) groups excluding carboxylic acids is 1. The van der Waals surface area contributed by atoms with Crippen molar-refractivity contribution in [3.63, 3.8) is 0 Å². The van der Waals surface area contributed by atoms with Crippen molar-refractivity contribution in [1.82, 2.24) is 4.90 Å². The largest absolute Gasteiger partial charge is 0.478 e. The molecular weight excluding hydrogens is 278 g/mol. The van der Waals surface area contributed by atoms with Gasteiger partial charge in [0.15, 0.2) is 0 Å². The van der Waals surface area contributed by atoms with Gasteiger partial charge >= 0.3 is 5.97 Å². The van der Waals surface area contributed by atoms with Crippen molar-refractivity contribution in [2.45, 2.75) is 12.8 Å². The first kappa shape index (κ1) is 14.7. The minimum Gasteiger partial charge on any atom is -0.478 e. The number of aliphatic hydroxyl groups is 1. The standard InChI is InChI=1S/C14H17NO4S/c16-9-10-2-1-7-15(8-10)14(19)12-5-3-11(20-12)4-6-13(17)18/h3-6,10,16H,1-2,7-9H2,(H,17,18). The molecule has 1 aromatic rings. The summed E-state index contributed by atoms with van der Waals surface area (Å²) in [7, 11) is 0. The Kier molecular flexibility index (Phi) is 4.92. The molecule has 20 heavy (non-hydrogen) atoms. The molecule has 1 unspecified atom stereocenters. The summed E-state index contributed by atoms with van der Waals surface area (Å²) in [4.78, 5) is 25.9. The third-order valence-corrected chi connectivity index (χ3v) is 4.33. The Morgan fingerprint density at radius 2 is 2.25 bits per heavy atom. The molecule has 0 spiro atoms. The first-order valence-electron chi connectivity index (χ1n) is 6.51. The number of carbonyl (C=O) groups is 2. The lowest BCUT2D eigenvalue weighted by molar-refractivity contribution is -0.131. The predicted molar refractivity (Wildman–Crippen MR) is 76.7 cm³/mol. The molecule has 2 rings (SSSR count). The zero-order valence-corrected chi connectivity index (χ0v) is 11.8. The van der Waals surface area contributed by atoms with Crippen molar-refractivity contribution in [2.75, 3.05) is 19.7 Å². The molecule has 6 heteroatoms. The fourth-order valence-electron chi connectivity index (χ4n) is 2.27. The number of likely N-dealkylation sites (tertiary alicyclic amines) is 1. The molecule has 1 atom stereocenters. The Hall–Kier alpha value is -1.66. The van der Waals surface area contributed by atoms with E-state index in [1.54, 1.807) is 17.0 Å². The average molecular weight is 295 g/mol. The van der Waals surface area contributed by atoms with Gasteiger partial charge in [-0.15, -0.1) is 11.3 Å². The molecule has 2 N–H and O–H groups in total. The minimum atomic E-state index is -1.01. The van der Waals surface area contributed by atoms with Gasteiger partial charge in [-0.2, -0.15) is 0 Å². The smallest absolute Gasteiger partial charge is 0.328 e. The molecular formula is C14H17NO4S. The number of rotatable bonds is 4. The highest BCUT2D eigenvalue weighted by Crippen LogP contribution is 2.23. The highest BCUT2D eigenvalue weighted by atomic mass is 32.1. The number of amides is 1. The van der Waals surface area contributed by atoms with Crippen LogP contribution in [0, 0.1) is 5.92 Å². The van der Waals surface area contributed by atoms with Crippen LogP contribution in [0.4, 0.5) is 0 Å². The Labute approximate surface area is 121 Å². The number of carboxylic acid groups (broad SMARTS) is 1. The number of thiophene rings is 1. The maximum absolute atomic E-state index is 12.3. The zero-order chi connectivity index (χ0) is 14.5. The Morgan fingerprint density at radius 3 is 2.95 bits per heavy atom. The van der Waals surface area contributed by atoms with Crippen LogP contribution in [0.3, 0.4) is 0 Å². The third kappa shape index (κ3) is 3.68.